The van der Waals surface area contributed by atoms with E-state index < -0.39 is 52.6 Å². The van der Waals surface area contributed by atoms with Crippen LogP contribution in [0.2, 0.25) is 0 Å². The Kier molecular flexibility index (Phi) is 5.13. The van der Waals surface area contributed by atoms with Gasteiger partial charge in [-0.15, -0.1) is 13.2 Å². The van der Waals surface area contributed by atoms with Gasteiger partial charge in [0.1, 0.15) is 0 Å². The molecule has 1 aromatic heterocycles. The van der Waals surface area contributed by atoms with Gasteiger partial charge >= 0.3 is 18.5 Å². The third-order valence-corrected chi connectivity index (χ3v) is 3.46. The number of carbonyl (C=O) groups is 1. The fourth-order valence-corrected chi connectivity index (χ4v) is 2.54. The Morgan fingerprint density at radius 1 is 1.23 bits per heavy atom. The van der Waals surface area contributed by atoms with Gasteiger partial charge in [0.05, 0.1) is 11.1 Å². The number of alkyl halides is 7. The van der Waals surface area contributed by atoms with Gasteiger partial charge < -0.3 is 5.11 Å². The molecule has 1 aromatic carbocycles. The second-order valence-electron chi connectivity index (χ2n) is 5.10. The number of halogens is 7. The lowest BCUT2D eigenvalue weighted by Gasteiger charge is -2.21. The Balaban J connectivity index is 2.99. The summed E-state index contributed by atoms with van der Waals surface area (Å²) in [5.74, 6) is -2.28. The molecular weight excluding hydrogens is 375 g/mol. The van der Waals surface area contributed by atoms with Crippen molar-refractivity contribution in [1.29, 1.82) is 0 Å². The number of ether oxygens (including phenoxy) is 1. The molecule has 26 heavy (non-hydrogen) atoms. The van der Waals surface area contributed by atoms with E-state index >= 15 is 0 Å². The molecule has 11 heteroatoms. The molecule has 2 aromatic rings. The van der Waals surface area contributed by atoms with Crippen LogP contribution in [0, 0.1) is 0 Å². The number of aromatic carboxylic acids is 1. The predicted molar refractivity (Wildman–Crippen MR) is 74.1 cm³/mol. The number of hydrogen-bond acceptors (Lipinski definition) is 3. The van der Waals surface area contributed by atoms with Crippen molar-refractivity contribution >= 4 is 16.9 Å². The summed E-state index contributed by atoms with van der Waals surface area (Å²) in [4.78, 5) is 14.6. The molecule has 1 heterocycles. The number of pyridine rings is 1. The second kappa shape index (κ2) is 6.71. The van der Waals surface area contributed by atoms with Crippen molar-refractivity contribution in [2.75, 3.05) is 0 Å². The van der Waals surface area contributed by atoms with Crippen LogP contribution in [-0.4, -0.2) is 22.4 Å². The molecule has 2 rings (SSSR count). The molecule has 0 saturated carbocycles. The lowest BCUT2D eigenvalue weighted by Crippen LogP contribution is -2.22. The molecule has 4 nitrogen and oxygen atoms in total. The van der Waals surface area contributed by atoms with Crippen molar-refractivity contribution in [1.82, 2.24) is 4.98 Å². The molecule has 0 aliphatic carbocycles. The summed E-state index contributed by atoms with van der Waals surface area (Å²) in [5.41, 5.74) is -5.47. The lowest BCUT2D eigenvalue weighted by atomic mass is 9.95. The highest BCUT2D eigenvalue weighted by Gasteiger charge is 2.43. The highest BCUT2D eigenvalue weighted by atomic mass is 19.4. The molecule has 0 saturated heterocycles. The van der Waals surface area contributed by atoms with Crippen molar-refractivity contribution in [3.63, 3.8) is 0 Å². The van der Waals surface area contributed by atoms with Crippen LogP contribution < -0.4 is 0 Å². The number of carboxylic acids is 1. The maximum absolute atomic E-state index is 14.3. The van der Waals surface area contributed by atoms with Crippen LogP contribution >= 0.6 is 0 Å². The lowest BCUT2D eigenvalue weighted by molar-refractivity contribution is -0.362. The molecule has 142 valence electrons. The Morgan fingerprint density at radius 2 is 1.85 bits per heavy atom. The Bertz CT molecular complexity index is 846. The minimum atomic E-state index is -5.54. The van der Waals surface area contributed by atoms with Gasteiger partial charge in [0.15, 0.2) is 5.69 Å². The third-order valence-electron chi connectivity index (χ3n) is 3.46. The van der Waals surface area contributed by atoms with Crippen LogP contribution in [0.1, 0.15) is 40.5 Å². The van der Waals surface area contributed by atoms with E-state index in [1.54, 1.807) is 0 Å². The van der Waals surface area contributed by atoms with Crippen molar-refractivity contribution in [3.8, 4) is 0 Å². The van der Waals surface area contributed by atoms with Gasteiger partial charge in [0.2, 0.25) is 6.36 Å². The summed E-state index contributed by atoms with van der Waals surface area (Å²) in [7, 11) is 0. The van der Waals surface area contributed by atoms with E-state index in [0.29, 0.717) is 0 Å². The second-order valence-corrected chi connectivity index (χ2v) is 5.10. The number of benzene rings is 1. The summed E-state index contributed by atoms with van der Waals surface area (Å²) < 4.78 is 94.2. The fraction of sp³-hybridized carbons (Fsp3) is 0.333. The quantitative estimate of drug-likeness (QED) is 0.751. The zero-order valence-electron chi connectivity index (χ0n) is 12.9. The van der Waals surface area contributed by atoms with Gasteiger partial charge in [0.25, 0.3) is 0 Å². The van der Waals surface area contributed by atoms with Crippen molar-refractivity contribution in [3.05, 3.63) is 40.6 Å². The van der Waals surface area contributed by atoms with Crippen LogP contribution in [0.15, 0.2) is 18.2 Å². The van der Waals surface area contributed by atoms with Gasteiger partial charge in [-0.2, -0.15) is 13.2 Å². The van der Waals surface area contributed by atoms with Crippen molar-refractivity contribution < 1.29 is 45.4 Å². The summed E-state index contributed by atoms with van der Waals surface area (Å²) in [6, 6.07) is 3.60. The topological polar surface area (TPSA) is 59.4 Å². The van der Waals surface area contributed by atoms with E-state index in [4.69, 9.17) is 5.11 Å². The molecule has 1 unspecified atom stereocenters. The zero-order valence-corrected chi connectivity index (χ0v) is 12.9. The van der Waals surface area contributed by atoms with Gasteiger partial charge in [-0.05, 0) is 18.1 Å². The predicted octanol–water partition coefficient (Wildman–Crippen LogP) is 5.02. The normalized spacial score (nSPS) is 13.8. The first kappa shape index (κ1) is 19.9. The van der Waals surface area contributed by atoms with E-state index in [1.807, 2.05) is 0 Å². The van der Waals surface area contributed by atoms with Crippen molar-refractivity contribution in [2.45, 2.75) is 32.2 Å². The van der Waals surface area contributed by atoms with E-state index in [1.165, 1.54) is 19.1 Å². The highest BCUT2D eigenvalue weighted by Crippen LogP contribution is 2.41. The number of carboxylic acid groups (broad SMARTS) is 1. The van der Waals surface area contributed by atoms with Crippen LogP contribution in [-0.2, 0) is 17.3 Å². The summed E-state index contributed by atoms with van der Waals surface area (Å²) in [5, 5.41) is 8.68. The number of aromatic nitrogens is 1. The maximum atomic E-state index is 14.3. The molecule has 1 atom stereocenters. The minimum absolute atomic E-state index is 0.0786. The standard InChI is InChI=1S/C15H10F7NO3/c1-2-6-4-3-5-7-8(6)9(12(16)26-15(20,21)22)10(13(24)25)11(23-7)14(17,18)19/h3-5,12H,2H2,1H3,(H,24,25). The zero-order chi connectivity index (χ0) is 19.9. The van der Waals surface area contributed by atoms with E-state index in [-0.39, 0.29) is 12.0 Å². The monoisotopic (exact) mass is 385 g/mol. The highest BCUT2D eigenvalue weighted by molar-refractivity contribution is 5.99. The first-order chi connectivity index (χ1) is 11.9. The molecular formula is C15H10F7NO3. The molecule has 0 amide bonds. The molecule has 0 aliphatic rings. The largest absolute Gasteiger partial charge is 0.525 e. The smallest absolute Gasteiger partial charge is 0.478 e. The average Bonchev–Trinajstić information content (AvgIpc) is 2.49. The SMILES string of the molecule is CCc1cccc2nc(C(F)(F)F)c(C(=O)O)c(C(F)OC(F)(F)F)c12. The molecule has 1 N–H and O–H groups in total. The molecule has 0 fully saturated rings. The number of aryl methyl sites for hydroxylation is 1. The van der Waals surface area contributed by atoms with E-state index in [2.05, 4.69) is 9.72 Å². The van der Waals surface area contributed by atoms with E-state index in [0.717, 1.165) is 6.07 Å². The molecule has 0 aliphatic heterocycles. The van der Waals surface area contributed by atoms with Crippen LogP contribution in [0.4, 0.5) is 30.7 Å². The molecule has 0 radical (unpaired) electrons. The summed E-state index contributed by atoms with van der Waals surface area (Å²) in [6.45, 7) is 1.51. The van der Waals surface area contributed by atoms with Gasteiger partial charge in [-0.25, -0.2) is 14.2 Å². The minimum Gasteiger partial charge on any atom is -0.478 e. The average molecular weight is 385 g/mol. The first-order valence-electron chi connectivity index (χ1n) is 7.01. The van der Waals surface area contributed by atoms with Crippen LogP contribution in [0.25, 0.3) is 10.9 Å². The Hall–Kier alpha value is -2.43. The van der Waals surface area contributed by atoms with Gasteiger partial charge in [-0.3, -0.25) is 4.74 Å². The summed E-state index contributed by atoms with van der Waals surface area (Å²) in [6.07, 6.45) is -14.3. The maximum Gasteiger partial charge on any atom is 0.525 e. The fourth-order valence-electron chi connectivity index (χ4n) is 2.54. The first-order valence-corrected chi connectivity index (χ1v) is 7.01. The summed E-state index contributed by atoms with van der Waals surface area (Å²) >= 11 is 0. The Morgan fingerprint density at radius 3 is 2.31 bits per heavy atom. The van der Waals surface area contributed by atoms with Gasteiger partial charge in [0, 0.05) is 10.9 Å². The van der Waals surface area contributed by atoms with Gasteiger partial charge in [-0.1, -0.05) is 19.1 Å². The number of hydrogen-bond donors (Lipinski definition) is 1. The van der Waals surface area contributed by atoms with Crippen molar-refractivity contribution in [2.24, 2.45) is 0 Å². The molecule has 0 bridgehead atoms. The van der Waals surface area contributed by atoms with Crippen LogP contribution in [0.5, 0.6) is 0 Å². The van der Waals surface area contributed by atoms with E-state index in [9.17, 15) is 35.5 Å². The number of fused-ring (bicyclic) bond motifs is 1. The number of rotatable bonds is 4. The van der Waals surface area contributed by atoms with Crippen LogP contribution in [0.3, 0.4) is 0 Å². The molecule has 0 spiro atoms. The third kappa shape index (κ3) is 3.87. The number of nitrogens with zero attached hydrogens (tertiary/aromatic N) is 1. The Labute approximate surface area is 141 Å².